The van der Waals surface area contributed by atoms with Crippen molar-refractivity contribution in [1.29, 1.82) is 0 Å². The number of amides is 1. The second-order valence-corrected chi connectivity index (χ2v) is 6.02. The summed E-state index contributed by atoms with van der Waals surface area (Å²) in [5.74, 6) is -0.645. The predicted molar refractivity (Wildman–Crippen MR) is 67.0 cm³/mol. The monoisotopic (exact) mass is 263 g/mol. The molecule has 0 spiro atoms. The Morgan fingerprint density at radius 1 is 1.35 bits per heavy atom. The number of rotatable bonds is 7. The predicted octanol–water partition coefficient (Wildman–Crippen LogP) is 0.601. The van der Waals surface area contributed by atoms with E-state index >= 15 is 0 Å². The number of nitrogens with one attached hydrogen (secondary N) is 1. The van der Waals surface area contributed by atoms with Crippen LogP contribution in [-0.4, -0.2) is 40.2 Å². The van der Waals surface area contributed by atoms with Gasteiger partial charge in [-0.2, -0.15) is 0 Å². The van der Waals surface area contributed by atoms with Gasteiger partial charge in [0.15, 0.2) is 0 Å². The lowest BCUT2D eigenvalue weighted by atomic mass is 10.3. The first-order valence-electron chi connectivity index (χ1n) is 5.67. The SMILES string of the molecule is CCCNC(=O)C(C)S(=O)C(C)CC(=O)OC. The molecule has 0 aliphatic carbocycles. The van der Waals surface area contributed by atoms with Crippen LogP contribution in [0.2, 0.25) is 0 Å². The van der Waals surface area contributed by atoms with E-state index in [1.807, 2.05) is 6.92 Å². The Bertz CT molecular complexity index is 293. The molecule has 0 aromatic carbocycles. The quantitative estimate of drug-likeness (QED) is 0.683. The number of hydrogen-bond acceptors (Lipinski definition) is 4. The Morgan fingerprint density at radius 2 is 1.94 bits per heavy atom. The van der Waals surface area contributed by atoms with Gasteiger partial charge < -0.3 is 10.1 Å². The van der Waals surface area contributed by atoms with E-state index in [2.05, 4.69) is 10.1 Å². The number of methoxy groups -OCH3 is 1. The van der Waals surface area contributed by atoms with Crippen molar-refractivity contribution in [1.82, 2.24) is 5.32 Å². The van der Waals surface area contributed by atoms with Crippen molar-refractivity contribution < 1.29 is 18.5 Å². The molecule has 0 rings (SSSR count). The lowest BCUT2D eigenvalue weighted by Gasteiger charge is -2.16. The molecule has 5 nitrogen and oxygen atoms in total. The molecule has 0 aliphatic rings. The number of esters is 1. The van der Waals surface area contributed by atoms with E-state index in [0.717, 1.165) is 6.42 Å². The van der Waals surface area contributed by atoms with E-state index in [0.29, 0.717) is 6.54 Å². The fourth-order valence-corrected chi connectivity index (χ4v) is 2.54. The molecule has 0 saturated carbocycles. The van der Waals surface area contributed by atoms with Crippen molar-refractivity contribution in [3.05, 3.63) is 0 Å². The standard InChI is InChI=1S/C11H21NO4S/c1-5-6-12-11(14)9(3)17(15)8(2)7-10(13)16-4/h8-9H,5-7H2,1-4H3,(H,12,14). The molecule has 0 radical (unpaired) electrons. The fourth-order valence-electron chi connectivity index (χ4n) is 1.25. The molecule has 0 bridgehead atoms. The van der Waals surface area contributed by atoms with E-state index < -0.39 is 22.0 Å². The van der Waals surface area contributed by atoms with Crippen LogP contribution in [0.3, 0.4) is 0 Å². The average Bonchev–Trinajstić information content (AvgIpc) is 2.33. The molecule has 0 heterocycles. The smallest absolute Gasteiger partial charge is 0.306 e. The molecular formula is C11H21NO4S. The number of ether oxygens (including phenoxy) is 1. The maximum absolute atomic E-state index is 11.9. The summed E-state index contributed by atoms with van der Waals surface area (Å²) >= 11 is 0. The highest BCUT2D eigenvalue weighted by atomic mass is 32.2. The first-order valence-corrected chi connectivity index (χ1v) is 6.95. The first-order chi connectivity index (χ1) is 7.93. The van der Waals surface area contributed by atoms with Gasteiger partial charge in [-0.05, 0) is 13.3 Å². The van der Waals surface area contributed by atoms with Crippen LogP contribution in [0, 0.1) is 0 Å². The fraction of sp³-hybridized carbons (Fsp3) is 0.818. The highest BCUT2D eigenvalue weighted by Gasteiger charge is 2.25. The summed E-state index contributed by atoms with van der Waals surface area (Å²) in [6, 6.07) is 0. The Balaban J connectivity index is 4.28. The van der Waals surface area contributed by atoms with Crippen LogP contribution in [-0.2, 0) is 25.1 Å². The van der Waals surface area contributed by atoms with Crippen LogP contribution in [0.4, 0.5) is 0 Å². The van der Waals surface area contributed by atoms with E-state index in [1.54, 1.807) is 13.8 Å². The molecule has 6 heteroatoms. The van der Waals surface area contributed by atoms with Crippen LogP contribution in [0.25, 0.3) is 0 Å². The zero-order valence-corrected chi connectivity index (χ0v) is 11.6. The maximum atomic E-state index is 11.9. The average molecular weight is 263 g/mol. The van der Waals surface area contributed by atoms with E-state index in [-0.39, 0.29) is 17.6 Å². The van der Waals surface area contributed by atoms with Crippen molar-refractivity contribution in [3.63, 3.8) is 0 Å². The van der Waals surface area contributed by atoms with Crippen molar-refractivity contribution in [2.75, 3.05) is 13.7 Å². The lowest BCUT2D eigenvalue weighted by Crippen LogP contribution is -2.39. The van der Waals surface area contributed by atoms with Crippen molar-refractivity contribution in [2.24, 2.45) is 0 Å². The Labute approximate surface area is 105 Å². The minimum atomic E-state index is -1.38. The topological polar surface area (TPSA) is 72.5 Å². The molecule has 0 aromatic rings. The molecule has 100 valence electrons. The van der Waals surface area contributed by atoms with Gasteiger partial charge in [0.05, 0.1) is 13.5 Å². The van der Waals surface area contributed by atoms with E-state index in [1.165, 1.54) is 7.11 Å². The molecule has 3 unspecified atom stereocenters. The van der Waals surface area contributed by atoms with Gasteiger partial charge in [-0.25, -0.2) is 0 Å². The van der Waals surface area contributed by atoms with Crippen molar-refractivity contribution in [3.8, 4) is 0 Å². The third kappa shape index (κ3) is 5.81. The lowest BCUT2D eigenvalue weighted by molar-refractivity contribution is -0.140. The molecule has 1 amide bonds. The third-order valence-electron chi connectivity index (χ3n) is 2.35. The Kier molecular flexibility index (Phi) is 7.78. The van der Waals surface area contributed by atoms with Gasteiger partial charge in [-0.1, -0.05) is 13.8 Å². The second kappa shape index (κ2) is 8.22. The molecular weight excluding hydrogens is 242 g/mol. The summed E-state index contributed by atoms with van der Waals surface area (Å²) < 4.78 is 16.4. The highest BCUT2D eigenvalue weighted by Crippen LogP contribution is 2.08. The molecule has 3 atom stereocenters. The summed E-state index contributed by atoms with van der Waals surface area (Å²) in [7, 11) is -0.0911. The zero-order chi connectivity index (χ0) is 13.4. The van der Waals surface area contributed by atoms with Gasteiger partial charge >= 0.3 is 5.97 Å². The highest BCUT2D eigenvalue weighted by molar-refractivity contribution is 7.87. The molecule has 17 heavy (non-hydrogen) atoms. The zero-order valence-electron chi connectivity index (χ0n) is 10.8. The summed E-state index contributed by atoms with van der Waals surface area (Å²) in [6.07, 6.45) is 0.900. The van der Waals surface area contributed by atoms with Gasteiger partial charge in [0.25, 0.3) is 0 Å². The van der Waals surface area contributed by atoms with E-state index in [9.17, 15) is 13.8 Å². The van der Waals surface area contributed by atoms with Crippen LogP contribution >= 0.6 is 0 Å². The van der Waals surface area contributed by atoms with Gasteiger partial charge in [0, 0.05) is 22.6 Å². The van der Waals surface area contributed by atoms with Crippen LogP contribution in [0.1, 0.15) is 33.6 Å². The van der Waals surface area contributed by atoms with E-state index in [4.69, 9.17) is 0 Å². The van der Waals surface area contributed by atoms with Crippen LogP contribution in [0.5, 0.6) is 0 Å². The minimum absolute atomic E-state index is 0.0640. The maximum Gasteiger partial charge on any atom is 0.306 e. The number of carbonyl (C=O) groups excluding carboxylic acids is 2. The Morgan fingerprint density at radius 3 is 2.41 bits per heavy atom. The molecule has 0 fully saturated rings. The normalized spacial score (nSPS) is 15.8. The van der Waals surface area contributed by atoms with Crippen molar-refractivity contribution in [2.45, 2.75) is 44.1 Å². The van der Waals surface area contributed by atoms with Crippen LogP contribution < -0.4 is 5.32 Å². The first kappa shape index (κ1) is 16.1. The molecule has 0 aromatic heterocycles. The molecule has 1 N–H and O–H groups in total. The van der Waals surface area contributed by atoms with Gasteiger partial charge in [0.2, 0.25) is 5.91 Å². The minimum Gasteiger partial charge on any atom is -0.469 e. The summed E-state index contributed by atoms with van der Waals surface area (Å²) in [6.45, 7) is 5.80. The third-order valence-corrected chi connectivity index (χ3v) is 4.22. The molecule has 0 saturated heterocycles. The number of hydrogen-bond donors (Lipinski definition) is 1. The largest absolute Gasteiger partial charge is 0.469 e. The molecule has 0 aliphatic heterocycles. The summed E-state index contributed by atoms with van der Waals surface area (Å²) in [4.78, 5) is 22.6. The summed E-state index contributed by atoms with van der Waals surface area (Å²) in [5.41, 5.74) is 0. The second-order valence-electron chi connectivity index (χ2n) is 3.85. The van der Waals surface area contributed by atoms with Crippen LogP contribution in [0.15, 0.2) is 0 Å². The van der Waals surface area contributed by atoms with Gasteiger partial charge in [-0.15, -0.1) is 0 Å². The van der Waals surface area contributed by atoms with Crippen molar-refractivity contribution >= 4 is 22.7 Å². The van der Waals surface area contributed by atoms with Gasteiger partial charge in [0.1, 0.15) is 5.25 Å². The summed E-state index contributed by atoms with van der Waals surface area (Å²) in [5, 5.41) is 1.69. The Hall–Kier alpha value is -0.910. The number of carbonyl (C=O) groups is 2. The van der Waals surface area contributed by atoms with Gasteiger partial charge in [-0.3, -0.25) is 13.8 Å².